The summed E-state index contributed by atoms with van der Waals surface area (Å²) in [7, 11) is -1.28. The number of nitrogens with one attached hydrogen (secondary N) is 2. The van der Waals surface area contributed by atoms with Crippen LogP contribution in [0.3, 0.4) is 0 Å². The molecule has 2 aromatic carbocycles. The van der Waals surface area contributed by atoms with Crippen LogP contribution in [0.25, 0.3) is 0 Å². The zero-order valence-corrected chi connectivity index (χ0v) is 21.5. The predicted molar refractivity (Wildman–Crippen MR) is 137 cm³/mol. The van der Waals surface area contributed by atoms with Crippen molar-refractivity contribution in [3.05, 3.63) is 64.7 Å². The SMILES string of the molecule is CN=C(NCc1ccc(CS(C)(=O)=O)cc1)NCc1ccc(C)cc1OCC1CC1.I. The third-order valence-electron chi connectivity index (χ3n) is 4.98. The van der Waals surface area contributed by atoms with Gasteiger partial charge in [-0.1, -0.05) is 36.4 Å². The van der Waals surface area contributed by atoms with Gasteiger partial charge in [0.25, 0.3) is 0 Å². The number of sulfone groups is 1. The number of ether oxygens (including phenoxy) is 1. The van der Waals surface area contributed by atoms with Crippen LogP contribution in [-0.2, 0) is 28.7 Å². The molecule has 0 unspecified atom stereocenters. The Morgan fingerprint density at radius 2 is 1.71 bits per heavy atom. The zero-order chi connectivity index (χ0) is 21.6. The zero-order valence-electron chi connectivity index (χ0n) is 18.3. The summed E-state index contributed by atoms with van der Waals surface area (Å²) in [5, 5.41) is 6.64. The van der Waals surface area contributed by atoms with Crippen LogP contribution in [0, 0.1) is 12.8 Å². The molecule has 0 saturated heterocycles. The van der Waals surface area contributed by atoms with Gasteiger partial charge in [0.1, 0.15) is 5.75 Å². The maximum Gasteiger partial charge on any atom is 0.191 e. The van der Waals surface area contributed by atoms with Crippen LogP contribution < -0.4 is 15.4 Å². The van der Waals surface area contributed by atoms with Crippen molar-refractivity contribution in [2.24, 2.45) is 10.9 Å². The van der Waals surface area contributed by atoms with Crippen LogP contribution in [0.2, 0.25) is 0 Å². The summed E-state index contributed by atoms with van der Waals surface area (Å²) in [5.41, 5.74) is 4.14. The number of halogens is 1. The van der Waals surface area contributed by atoms with Gasteiger partial charge in [-0.3, -0.25) is 4.99 Å². The lowest BCUT2D eigenvalue weighted by molar-refractivity contribution is 0.296. The average molecular weight is 557 g/mol. The smallest absolute Gasteiger partial charge is 0.191 e. The lowest BCUT2D eigenvalue weighted by Crippen LogP contribution is -2.36. The lowest BCUT2D eigenvalue weighted by atomic mass is 10.1. The maximum absolute atomic E-state index is 11.4. The van der Waals surface area contributed by atoms with E-state index in [9.17, 15) is 8.42 Å². The summed E-state index contributed by atoms with van der Waals surface area (Å²) in [5.74, 6) is 2.41. The third kappa shape index (κ3) is 9.06. The first-order chi connectivity index (χ1) is 14.3. The quantitative estimate of drug-likeness (QED) is 0.279. The molecule has 2 aromatic rings. The molecule has 1 fully saturated rings. The van der Waals surface area contributed by atoms with Crippen LogP contribution in [0.15, 0.2) is 47.5 Å². The largest absolute Gasteiger partial charge is 0.493 e. The van der Waals surface area contributed by atoms with Crippen LogP contribution in [-0.4, -0.2) is 34.3 Å². The van der Waals surface area contributed by atoms with Crippen molar-refractivity contribution in [3.8, 4) is 5.75 Å². The molecule has 0 spiro atoms. The Morgan fingerprint density at radius 3 is 2.32 bits per heavy atom. The molecular formula is C23H32IN3O3S. The topological polar surface area (TPSA) is 79.8 Å². The van der Waals surface area contributed by atoms with Gasteiger partial charge < -0.3 is 15.4 Å². The van der Waals surface area contributed by atoms with E-state index in [0.29, 0.717) is 25.0 Å². The standard InChI is InChI=1S/C23H31N3O3S.HI/c1-17-4-11-21(22(12-17)29-15-19-7-8-19)14-26-23(24-2)25-13-18-5-9-20(10-6-18)16-30(3,27)28;/h4-6,9-12,19H,7-8,13-16H2,1-3H3,(H2,24,25,26);1H. The molecule has 0 bridgehead atoms. The van der Waals surface area contributed by atoms with Gasteiger partial charge in [-0.15, -0.1) is 24.0 Å². The van der Waals surface area contributed by atoms with Crippen molar-refractivity contribution < 1.29 is 13.2 Å². The Morgan fingerprint density at radius 1 is 1.06 bits per heavy atom. The number of nitrogens with zero attached hydrogens (tertiary/aromatic N) is 1. The predicted octanol–water partition coefficient (Wildman–Crippen LogP) is 3.81. The van der Waals surface area contributed by atoms with E-state index in [1.165, 1.54) is 24.7 Å². The highest BCUT2D eigenvalue weighted by Crippen LogP contribution is 2.30. The first-order valence-electron chi connectivity index (χ1n) is 10.2. The van der Waals surface area contributed by atoms with Gasteiger partial charge in [0.2, 0.25) is 0 Å². The molecule has 6 nitrogen and oxygen atoms in total. The molecule has 0 radical (unpaired) electrons. The van der Waals surface area contributed by atoms with Crippen molar-refractivity contribution in [2.45, 2.75) is 38.6 Å². The van der Waals surface area contributed by atoms with Crippen LogP contribution >= 0.6 is 24.0 Å². The molecular weight excluding hydrogens is 525 g/mol. The van der Waals surface area contributed by atoms with Crippen molar-refractivity contribution in [2.75, 3.05) is 19.9 Å². The second-order valence-electron chi connectivity index (χ2n) is 8.03. The minimum absolute atomic E-state index is 0. The summed E-state index contributed by atoms with van der Waals surface area (Å²) in [6.45, 7) is 4.08. The second-order valence-corrected chi connectivity index (χ2v) is 10.2. The van der Waals surface area contributed by atoms with E-state index in [2.05, 4.69) is 40.7 Å². The van der Waals surface area contributed by atoms with Gasteiger partial charge in [0.05, 0.1) is 12.4 Å². The van der Waals surface area contributed by atoms with Gasteiger partial charge in [-0.05, 0) is 48.4 Å². The highest BCUT2D eigenvalue weighted by Gasteiger charge is 2.22. The monoisotopic (exact) mass is 557 g/mol. The summed E-state index contributed by atoms with van der Waals surface area (Å²) in [6.07, 6.45) is 3.78. The number of aryl methyl sites for hydroxylation is 1. The second kappa shape index (κ2) is 11.7. The molecule has 0 atom stereocenters. The van der Waals surface area contributed by atoms with Gasteiger partial charge in [-0.25, -0.2) is 8.42 Å². The van der Waals surface area contributed by atoms with Crippen LogP contribution in [0.1, 0.15) is 35.1 Å². The van der Waals surface area contributed by atoms with Crippen molar-refractivity contribution in [1.29, 1.82) is 0 Å². The summed E-state index contributed by atoms with van der Waals surface area (Å²) >= 11 is 0. The van der Waals surface area contributed by atoms with E-state index in [4.69, 9.17) is 4.74 Å². The molecule has 0 aromatic heterocycles. The molecule has 8 heteroatoms. The molecule has 1 saturated carbocycles. The van der Waals surface area contributed by atoms with Crippen molar-refractivity contribution >= 4 is 39.8 Å². The molecule has 0 aliphatic heterocycles. The number of hydrogen-bond acceptors (Lipinski definition) is 4. The van der Waals surface area contributed by atoms with Crippen molar-refractivity contribution in [3.63, 3.8) is 0 Å². The normalized spacial score (nSPS) is 14.0. The Balaban J connectivity index is 0.00000341. The highest BCUT2D eigenvalue weighted by molar-refractivity contribution is 14.0. The van der Waals surface area contributed by atoms with E-state index >= 15 is 0 Å². The Hall–Kier alpha value is -1.81. The molecule has 0 heterocycles. The average Bonchev–Trinajstić information content (AvgIpc) is 3.52. The summed E-state index contributed by atoms with van der Waals surface area (Å²) in [6, 6.07) is 13.9. The van der Waals surface area contributed by atoms with E-state index in [1.54, 1.807) is 7.05 Å². The fourth-order valence-electron chi connectivity index (χ4n) is 3.08. The van der Waals surface area contributed by atoms with Crippen molar-refractivity contribution in [1.82, 2.24) is 10.6 Å². The number of benzene rings is 2. The van der Waals surface area contributed by atoms with Crippen LogP contribution in [0.5, 0.6) is 5.75 Å². The van der Waals surface area contributed by atoms with Gasteiger partial charge in [0, 0.05) is 32.0 Å². The fourth-order valence-corrected chi connectivity index (χ4v) is 3.87. The Labute approximate surface area is 202 Å². The third-order valence-corrected chi connectivity index (χ3v) is 5.83. The molecule has 2 N–H and O–H groups in total. The van der Waals surface area contributed by atoms with E-state index in [0.717, 1.165) is 29.0 Å². The first kappa shape index (κ1) is 25.5. The van der Waals surface area contributed by atoms with E-state index < -0.39 is 9.84 Å². The Kier molecular flexibility index (Phi) is 9.61. The summed E-state index contributed by atoms with van der Waals surface area (Å²) in [4.78, 5) is 4.29. The van der Waals surface area contributed by atoms with Gasteiger partial charge in [-0.2, -0.15) is 0 Å². The number of rotatable bonds is 9. The molecule has 31 heavy (non-hydrogen) atoms. The minimum atomic E-state index is -3.02. The minimum Gasteiger partial charge on any atom is -0.493 e. The lowest BCUT2D eigenvalue weighted by Gasteiger charge is -2.15. The number of aliphatic imine (C=N–C) groups is 1. The summed E-state index contributed by atoms with van der Waals surface area (Å²) < 4.78 is 28.8. The van der Waals surface area contributed by atoms with E-state index in [-0.39, 0.29) is 29.7 Å². The first-order valence-corrected chi connectivity index (χ1v) is 12.3. The van der Waals surface area contributed by atoms with Gasteiger partial charge in [0.15, 0.2) is 15.8 Å². The van der Waals surface area contributed by atoms with Gasteiger partial charge >= 0.3 is 0 Å². The number of guanidine groups is 1. The molecule has 0 amide bonds. The Bertz CT molecular complexity index is 988. The fraction of sp³-hybridized carbons (Fsp3) is 0.435. The molecule has 3 rings (SSSR count). The number of hydrogen-bond donors (Lipinski definition) is 2. The highest BCUT2D eigenvalue weighted by atomic mass is 127. The van der Waals surface area contributed by atoms with E-state index in [1.807, 2.05) is 24.3 Å². The molecule has 1 aliphatic carbocycles. The molecule has 170 valence electrons. The van der Waals surface area contributed by atoms with Crippen LogP contribution in [0.4, 0.5) is 0 Å². The molecule has 1 aliphatic rings. The maximum atomic E-state index is 11.4.